The second kappa shape index (κ2) is 6.05. The molecule has 2 nitrogen and oxygen atoms in total. The summed E-state index contributed by atoms with van der Waals surface area (Å²) < 4.78 is 18.3. The molecule has 0 bridgehead atoms. The Morgan fingerprint density at radius 1 is 1.06 bits per heavy atom. The lowest BCUT2D eigenvalue weighted by Gasteiger charge is -2.11. The lowest BCUT2D eigenvalue weighted by Crippen LogP contribution is -2.03. The summed E-state index contributed by atoms with van der Waals surface area (Å²) in [4.78, 5) is 0. The lowest BCUT2D eigenvalue weighted by molar-refractivity contribution is 0.337. The number of nitrogens with one attached hydrogen (secondary N) is 1. The molecule has 0 spiro atoms. The fourth-order valence-electron chi connectivity index (χ4n) is 1.71. The third-order valence-electron chi connectivity index (χ3n) is 2.60. The van der Waals surface area contributed by atoms with Crippen LogP contribution >= 0.6 is 0 Å². The molecule has 0 aliphatic heterocycles. The van der Waals surface area contributed by atoms with E-state index in [0.717, 1.165) is 17.0 Å². The van der Waals surface area contributed by atoms with Crippen LogP contribution in [0, 0.1) is 5.82 Å². The van der Waals surface area contributed by atoms with Gasteiger partial charge in [0, 0.05) is 17.8 Å². The summed E-state index contributed by atoms with van der Waals surface area (Å²) in [6.45, 7) is 3.26. The van der Waals surface area contributed by atoms with E-state index in [1.807, 2.05) is 31.2 Å². The minimum Gasteiger partial charge on any atom is -0.494 e. The zero-order chi connectivity index (χ0) is 12.8. The number of para-hydroxylation sites is 1. The Hall–Kier alpha value is -2.03. The van der Waals surface area contributed by atoms with Gasteiger partial charge in [-0.25, -0.2) is 4.39 Å². The average molecular weight is 245 g/mol. The molecule has 0 amide bonds. The van der Waals surface area contributed by atoms with Gasteiger partial charge in [0.1, 0.15) is 11.6 Å². The van der Waals surface area contributed by atoms with Crippen molar-refractivity contribution < 1.29 is 9.13 Å². The highest BCUT2D eigenvalue weighted by atomic mass is 19.1. The first-order valence-corrected chi connectivity index (χ1v) is 5.99. The highest BCUT2D eigenvalue weighted by Gasteiger charge is 2.02. The Balaban J connectivity index is 2.03. The molecule has 18 heavy (non-hydrogen) atoms. The van der Waals surface area contributed by atoms with Crippen LogP contribution in [0.15, 0.2) is 48.5 Å². The quantitative estimate of drug-likeness (QED) is 0.864. The van der Waals surface area contributed by atoms with Gasteiger partial charge in [-0.2, -0.15) is 0 Å². The molecule has 0 aliphatic carbocycles. The minimum atomic E-state index is -0.227. The van der Waals surface area contributed by atoms with Crippen molar-refractivity contribution in [1.29, 1.82) is 0 Å². The predicted molar refractivity (Wildman–Crippen MR) is 71.3 cm³/mol. The summed E-state index contributed by atoms with van der Waals surface area (Å²) in [5.41, 5.74) is 1.98. The van der Waals surface area contributed by atoms with Crippen molar-refractivity contribution >= 4 is 5.69 Å². The number of ether oxygens (including phenoxy) is 1. The zero-order valence-corrected chi connectivity index (χ0v) is 10.3. The molecule has 0 unspecified atom stereocenters. The smallest absolute Gasteiger partial charge is 0.124 e. The number of rotatable bonds is 5. The zero-order valence-electron chi connectivity index (χ0n) is 10.3. The molecule has 2 rings (SSSR count). The van der Waals surface area contributed by atoms with E-state index in [1.165, 1.54) is 12.1 Å². The minimum absolute atomic E-state index is 0.227. The first kappa shape index (κ1) is 12.4. The van der Waals surface area contributed by atoms with Crippen LogP contribution in [0.4, 0.5) is 10.1 Å². The Morgan fingerprint density at radius 3 is 2.50 bits per heavy atom. The number of hydrogen-bond acceptors (Lipinski definition) is 2. The topological polar surface area (TPSA) is 21.3 Å². The molecule has 0 aliphatic rings. The Labute approximate surface area is 106 Å². The third kappa shape index (κ3) is 3.23. The maximum absolute atomic E-state index is 12.8. The number of halogens is 1. The molecule has 2 aromatic carbocycles. The predicted octanol–water partition coefficient (Wildman–Crippen LogP) is 3.84. The van der Waals surface area contributed by atoms with Gasteiger partial charge < -0.3 is 10.1 Å². The molecule has 0 aromatic heterocycles. The van der Waals surface area contributed by atoms with Crippen LogP contribution in [-0.2, 0) is 6.54 Å². The lowest BCUT2D eigenvalue weighted by atomic mass is 10.2. The van der Waals surface area contributed by atoms with Crippen molar-refractivity contribution in [3.63, 3.8) is 0 Å². The standard InChI is InChI=1S/C15H16FNO/c1-2-18-15-6-4-3-5-12(15)11-17-14-9-7-13(16)8-10-14/h3-10,17H,2,11H2,1H3. The Bertz CT molecular complexity index is 496. The van der Waals surface area contributed by atoms with Gasteiger partial charge in [-0.3, -0.25) is 0 Å². The van der Waals surface area contributed by atoms with E-state index in [1.54, 1.807) is 12.1 Å². The highest BCUT2D eigenvalue weighted by molar-refractivity contribution is 5.45. The van der Waals surface area contributed by atoms with Gasteiger partial charge in [-0.15, -0.1) is 0 Å². The van der Waals surface area contributed by atoms with E-state index in [0.29, 0.717) is 13.2 Å². The fraction of sp³-hybridized carbons (Fsp3) is 0.200. The van der Waals surface area contributed by atoms with E-state index < -0.39 is 0 Å². The van der Waals surface area contributed by atoms with Crippen molar-refractivity contribution in [3.05, 3.63) is 59.9 Å². The first-order valence-electron chi connectivity index (χ1n) is 5.99. The molecule has 0 atom stereocenters. The molecule has 0 saturated carbocycles. The molecule has 0 saturated heterocycles. The summed E-state index contributed by atoms with van der Waals surface area (Å²) in [7, 11) is 0. The summed E-state index contributed by atoms with van der Waals surface area (Å²) in [6, 6.07) is 14.2. The van der Waals surface area contributed by atoms with Crippen LogP contribution in [-0.4, -0.2) is 6.61 Å². The van der Waals surface area contributed by atoms with Gasteiger partial charge in [0.05, 0.1) is 6.61 Å². The molecule has 94 valence electrons. The van der Waals surface area contributed by atoms with Gasteiger partial charge in [-0.05, 0) is 37.3 Å². The van der Waals surface area contributed by atoms with Crippen molar-refractivity contribution in [1.82, 2.24) is 0 Å². The maximum Gasteiger partial charge on any atom is 0.124 e. The number of anilines is 1. The van der Waals surface area contributed by atoms with E-state index in [4.69, 9.17) is 4.74 Å². The molecular formula is C15H16FNO. The van der Waals surface area contributed by atoms with Crippen molar-refractivity contribution in [2.24, 2.45) is 0 Å². The normalized spacial score (nSPS) is 10.1. The van der Waals surface area contributed by atoms with Crippen LogP contribution < -0.4 is 10.1 Å². The van der Waals surface area contributed by atoms with Crippen LogP contribution in [0.2, 0.25) is 0 Å². The summed E-state index contributed by atoms with van der Waals surface area (Å²) >= 11 is 0. The van der Waals surface area contributed by atoms with Crippen LogP contribution in [0.1, 0.15) is 12.5 Å². The van der Waals surface area contributed by atoms with Crippen LogP contribution in [0.5, 0.6) is 5.75 Å². The van der Waals surface area contributed by atoms with E-state index in [2.05, 4.69) is 5.32 Å². The molecule has 0 fully saturated rings. The second-order valence-electron chi connectivity index (χ2n) is 3.90. The van der Waals surface area contributed by atoms with Gasteiger partial charge in [0.15, 0.2) is 0 Å². The van der Waals surface area contributed by atoms with Crippen LogP contribution in [0.25, 0.3) is 0 Å². The fourth-order valence-corrected chi connectivity index (χ4v) is 1.71. The molecule has 0 radical (unpaired) electrons. The molecule has 0 heterocycles. The second-order valence-corrected chi connectivity index (χ2v) is 3.90. The van der Waals surface area contributed by atoms with Crippen molar-refractivity contribution in [3.8, 4) is 5.75 Å². The van der Waals surface area contributed by atoms with Gasteiger partial charge in [0.25, 0.3) is 0 Å². The maximum atomic E-state index is 12.8. The molecule has 2 aromatic rings. The van der Waals surface area contributed by atoms with Gasteiger partial charge >= 0.3 is 0 Å². The van der Waals surface area contributed by atoms with Crippen molar-refractivity contribution in [2.75, 3.05) is 11.9 Å². The van der Waals surface area contributed by atoms with Crippen LogP contribution in [0.3, 0.4) is 0 Å². The Morgan fingerprint density at radius 2 is 1.78 bits per heavy atom. The first-order chi connectivity index (χ1) is 8.79. The SMILES string of the molecule is CCOc1ccccc1CNc1ccc(F)cc1. The monoisotopic (exact) mass is 245 g/mol. The molecular weight excluding hydrogens is 229 g/mol. The van der Waals surface area contributed by atoms with Gasteiger partial charge in [0.2, 0.25) is 0 Å². The largest absolute Gasteiger partial charge is 0.494 e. The van der Waals surface area contributed by atoms with Crippen molar-refractivity contribution in [2.45, 2.75) is 13.5 Å². The third-order valence-corrected chi connectivity index (χ3v) is 2.60. The van der Waals surface area contributed by atoms with E-state index >= 15 is 0 Å². The molecule has 1 N–H and O–H groups in total. The van der Waals surface area contributed by atoms with E-state index in [-0.39, 0.29) is 5.82 Å². The summed E-state index contributed by atoms with van der Waals surface area (Å²) in [6.07, 6.45) is 0. The van der Waals surface area contributed by atoms with Gasteiger partial charge in [-0.1, -0.05) is 18.2 Å². The summed E-state index contributed by atoms with van der Waals surface area (Å²) in [5.74, 6) is 0.657. The van der Waals surface area contributed by atoms with E-state index in [9.17, 15) is 4.39 Å². The summed E-state index contributed by atoms with van der Waals surface area (Å²) in [5, 5.41) is 3.24. The average Bonchev–Trinajstić information content (AvgIpc) is 2.40. The number of hydrogen-bond donors (Lipinski definition) is 1. The highest BCUT2D eigenvalue weighted by Crippen LogP contribution is 2.19. The molecule has 3 heteroatoms. The number of benzene rings is 2. The Kier molecular flexibility index (Phi) is 4.18.